The smallest absolute Gasteiger partial charge is 0.324 e. The molecule has 2 N–H and O–H groups in total. The molecule has 3 saturated heterocycles. The minimum Gasteiger partial charge on any atom is -0.385 e. The van der Waals surface area contributed by atoms with E-state index < -0.39 is 12.1 Å². The van der Waals surface area contributed by atoms with Gasteiger partial charge in [0, 0.05) is 56.5 Å². The maximum Gasteiger partial charge on any atom is 0.324 e. The number of carbonyl (C=O) groups excluding carboxylic acids is 3. The molecular formula is C29H41N5O4. The summed E-state index contributed by atoms with van der Waals surface area (Å²) in [6.07, 6.45) is 9.28. The van der Waals surface area contributed by atoms with Crippen LogP contribution in [0.25, 0.3) is 10.9 Å². The van der Waals surface area contributed by atoms with Crippen LogP contribution in [0.3, 0.4) is 0 Å². The number of urea groups is 1. The highest BCUT2D eigenvalue weighted by Crippen LogP contribution is 2.31. The quantitative estimate of drug-likeness (QED) is 0.348. The molecule has 3 fully saturated rings. The number of hydrogen-bond donors (Lipinski definition) is 2. The molecule has 3 aliphatic rings. The van der Waals surface area contributed by atoms with Crippen molar-refractivity contribution >= 4 is 28.7 Å². The van der Waals surface area contributed by atoms with Crippen LogP contribution in [0.15, 0.2) is 30.5 Å². The van der Waals surface area contributed by atoms with E-state index in [2.05, 4.69) is 15.2 Å². The Morgan fingerprint density at radius 2 is 1.97 bits per heavy atom. The lowest BCUT2D eigenvalue weighted by atomic mass is 9.83. The molecule has 9 nitrogen and oxygen atoms in total. The average Bonchev–Trinajstić information content (AvgIpc) is 3.46. The van der Waals surface area contributed by atoms with Gasteiger partial charge in [-0.05, 0) is 69.2 Å². The second kappa shape index (κ2) is 12.3. The van der Waals surface area contributed by atoms with Crippen molar-refractivity contribution in [3.8, 4) is 0 Å². The van der Waals surface area contributed by atoms with Crippen molar-refractivity contribution in [2.75, 3.05) is 46.4 Å². The van der Waals surface area contributed by atoms with Crippen molar-refractivity contribution in [2.45, 2.75) is 63.5 Å². The Hall–Kier alpha value is -2.91. The van der Waals surface area contributed by atoms with Gasteiger partial charge in [0.15, 0.2) is 0 Å². The van der Waals surface area contributed by atoms with Crippen molar-refractivity contribution < 1.29 is 19.1 Å². The van der Waals surface area contributed by atoms with Gasteiger partial charge in [0.05, 0.1) is 6.42 Å². The summed E-state index contributed by atoms with van der Waals surface area (Å²) in [5.41, 5.74) is 2.10. The second-order valence-corrected chi connectivity index (χ2v) is 11.0. The monoisotopic (exact) mass is 523 g/mol. The molecule has 0 radical (unpaired) electrons. The van der Waals surface area contributed by atoms with Gasteiger partial charge in [-0.25, -0.2) is 4.79 Å². The molecule has 0 bridgehead atoms. The Bertz CT molecular complexity index is 1130. The Kier molecular flexibility index (Phi) is 8.64. The van der Waals surface area contributed by atoms with E-state index in [4.69, 9.17) is 4.74 Å². The highest BCUT2D eigenvalue weighted by atomic mass is 16.5. The van der Waals surface area contributed by atoms with E-state index in [-0.39, 0.29) is 24.8 Å². The van der Waals surface area contributed by atoms with Gasteiger partial charge >= 0.3 is 6.03 Å². The first-order valence-corrected chi connectivity index (χ1v) is 14.2. The number of H-pyrrole nitrogens is 1. The van der Waals surface area contributed by atoms with Crippen LogP contribution in [0, 0.1) is 5.92 Å². The summed E-state index contributed by atoms with van der Waals surface area (Å²) in [7, 11) is 1.67. The van der Waals surface area contributed by atoms with E-state index in [1.807, 2.05) is 35.4 Å². The Labute approximate surface area is 224 Å². The molecule has 0 aliphatic carbocycles. The van der Waals surface area contributed by atoms with E-state index >= 15 is 0 Å². The standard InChI is InChI=1S/C29H41N5O4/c1-38-17-7-15-33(20-22-8-6-14-32-13-5-4-11-26(22)32)27(35)18-25-28(36)34(29(37)31-25)16-12-21-19-30-24-10-3-2-9-23(21)24/h2-3,9-10,19,22,25-26,30H,4-8,11-18,20H2,1H3,(H,31,37)/t22-,25-,26-/m0/s1. The van der Waals surface area contributed by atoms with Gasteiger partial charge in [-0.2, -0.15) is 0 Å². The number of fused-ring (bicyclic) bond motifs is 2. The molecule has 0 saturated carbocycles. The van der Waals surface area contributed by atoms with E-state index in [1.165, 1.54) is 30.6 Å². The van der Waals surface area contributed by atoms with Gasteiger partial charge < -0.3 is 24.8 Å². The van der Waals surface area contributed by atoms with Crippen LogP contribution in [-0.2, 0) is 20.7 Å². The molecule has 206 valence electrons. The number of hydrogen-bond acceptors (Lipinski definition) is 5. The number of aromatic amines is 1. The molecule has 9 heteroatoms. The third-order valence-corrected chi connectivity index (χ3v) is 8.58. The van der Waals surface area contributed by atoms with Gasteiger partial charge in [0.25, 0.3) is 5.91 Å². The fourth-order valence-electron chi connectivity index (χ4n) is 6.59. The SMILES string of the molecule is COCCCN(C[C@@H]1CCCN2CCCC[C@@H]12)C(=O)C[C@@H]1NC(=O)N(CCc2c[nH]c3ccccc23)C1=O. The minimum atomic E-state index is -0.805. The van der Waals surface area contributed by atoms with E-state index in [0.717, 1.165) is 42.4 Å². The molecule has 3 atom stereocenters. The number of nitrogens with one attached hydrogen (secondary N) is 2. The summed E-state index contributed by atoms with van der Waals surface area (Å²) in [5.74, 6) is 0.0828. The minimum absolute atomic E-state index is 0.00222. The van der Waals surface area contributed by atoms with Crippen LogP contribution in [0.5, 0.6) is 0 Å². The largest absolute Gasteiger partial charge is 0.385 e. The third-order valence-electron chi connectivity index (χ3n) is 8.58. The summed E-state index contributed by atoms with van der Waals surface area (Å²) < 4.78 is 5.24. The normalized spacial score (nSPS) is 24.0. The Morgan fingerprint density at radius 3 is 2.84 bits per heavy atom. The molecule has 0 unspecified atom stereocenters. The number of methoxy groups -OCH3 is 1. The number of rotatable bonds is 11. The van der Waals surface area contributed by atoms with Crippen LogP contribution < -0.4 is 5.32 Å². The van der Waals surface area contributed by atoms with E-state index in [9.17, 15) is 14.4 Å². The van der Waals surface area contributed by atoms with Crippen LogP contribution in [0.1, 0.15) is 50.5 Å². The van der Waals surface area contributed by atoms with Crippen molar-refractivity contribution in [3.05, 3.63) is 36.0 Å². The van der Waals surface area contributed by atoms with Crippen LogP contribution >= 0.6 is 0 Å². The van der Waals surface area contributed by atoms with E-state index in [0.29, 0.717) is 38.1 Å². The highest BCUT2D eigenvalue weighted by Gasteiger charge is 2.40. The molecule has 2 aromatic rings. The number of carbonyl (C=O) groups is 3. The lowest BCUT2D eigenvalue weighted by molar-refractivity contribution is -0.136. The molecule has 1 aromatic carbocycles. The highest BCUT2D eigenvalue weighted by molar-refractivity contribution is 6.05. The number of benzene rings is 1. The lowest BCUT2D eigenvalue weighted by Crippen LogP contribution is -2.52. The van der Waals surface area contributed by atoms with Gasteiger partial charge in [0.2, 0.25) is 5.91 Å². The maximum atomic E-state index is 13.5. The fourth-order valence-corrected chi connectivity index (χ4v) is 6.59. The van der Waals surface area contributed by atoms with Crippen molar-refractivity contribution in [2.24, 2.45) is 5.92 Å². The zero-order chi connectivity index (χ0) is 26.5. The molecule has 3 aliphatic heterocycles. The number of nitrogens with zero attached hydrogens (tertiary/aromatic N) is 3. The Balaban J connectivity index is 1.20. The zero-order valence-electron chi connectivity index (χ0n) is 22.5. The first-order valence-electron chi connectivity index (χ1n) is 14.2. The van der Waals surface area contributed by atoms with Crippen LogP contribution in [-0.4, -0.2) is 96.1 Å². The Morgan fingerprint density at radius 1 is 1.13 bits per heavy atom. The van der Waals surface area contributed by atoms with Gasteiger partial charge in [-0.1, -0.05) is 24.6 Å². The van der Waals surface area contributed by atoms with Gasteiger partial charge in [0.1, 0.15) is 6.04 Å². The van der Waals surface area contributed by atoms with Crippen LogP contribution in [0.2, 0.25) is 0 Å². The first-order chi connectivity index (χ1) is 18.5. The summed E-state index contributed by atoms with van der Waals surface area (Å²) in [6, 6.07) is 7.32. The molecule has 4 heterocycles. The number of ether oxygens (including phenoxy) is 1. The number of imide groups is 1. The third kappa shape index (κ3) is 5.89. The number of piperidine rings is 2. The lowest BCUT2D eigenvalue weighted by Gasteiger charge is -2.45. The molecule has 38 heavy (non-hydrogen) atoms. The van der Waals surface area contributed by atoms with Gasteiger partial charge in [-0.3, -0.25) is 14.5 Å². The maximum absolute atomic E-state index is 13.5. The zero-order valence-corrected chi connectivity index (χ0v) is 22.5. The van der Waals surface area contributed by atoms with Crippen LogP contribution in [0.4, 0.5) is 4.79 Å². The van der Waals surface area contributed by atoms with Crippen molar-refractivity contribution in [1.82, 2.24) is 25.0 Å². The fraction of sp³-hybridized carbons (Fsp3) is 0.621. The predicted octanol–water partition coefficient (Wildman–Crippen LogP) is 3.15. The molecule has 4 amide bonds. The number of para-hydroxylation sites is 1. The molecule has 1 aromatic heterocycles. The predicted molar refractivity (Wildman–Crippen MR) is 146 cm³/mol. The number of amides is 4. The second-order valence-electron chi connectivity index (χ2n) is 11.0. The summed E-state index contributed by atoms with van der Waals surface area (Å²) in [4.78, 5) is 48.4. The summed E-state index contributed by atoms with van der Waals surface area (Å²) in [6.45, 7) is 4.52. The summed E-state index contributed by atoms with van der Waals surface area (Å²) in [5, 5.41) is 3.87. The number of aromatic nitrogens is 1. The van der Waals surface area contributed by atoms with Crippen molar-refractivity contribution in [3.63, 3.8) is 0 Å². The molecular weight excluding hydrogens is 482 g/mol. The first kappa shape index (κ1) is 26.7. The van der Waals surface area contributed by atoms with Gasteiger partial charge in [-0.15, -0.1) is 0 Å². The molecule has 0 spiro atoms. The van der Waals surface area contributed by atoms with E-state index in [1.54, 1.807) is 7.11 Å². The summed E-state index contributed by atoms with van der Waals surface area (Å²) >= 11 is 0. The molecule has 5 rings (SSSR count). The van der Waals surface area contributed by atoms with Crippen molar-refractivity contribution in [1.29, 1.82) is 0 Å². The average molecular weight is 524 g/mol. The topological polar surface area (TPSA) is 98.0 Å².